The summed E-state index contributed by atoms with van der Waals surface area (Å²) in [4.78, 5) is 76.5. The second-order valence-corrected chi connectivity index (χ2v) is 11.0. The number of para-hydroxylation sites is 1. The van der Waals surface area contributed by atoms with Gasteiger partial charge in [-0.1, -0.05) is 24.6 Å². The fourth-order valence-electron chi connectivity index (χ4n) is 4.85. The Balaban J connectivity index is 2.08. The van der Waals surface area contributed by atoms with Gasteiger partial charge in [-0.05, 0) is 43.7 Å². The molecule has 3 amide bonds. The molecule has 4 atom stereocenters. The summed E-state index contributed by atoms with van der Waals surface area (Å²) in [5.74, 6) is -5.61. The van der Waals surface area contributed by atoms with Crippen molar-refractivity contribution in [3.05, 3.63) is 36.0 Å². The number of nitrogens with one attached hydrogen (secondary N) is 5. The molecule has 2 rings (SSSR count). The first-order chi connectivity index (χ1) is 21.3. The van der Waals surface area contributed by atoms with Gasteiger partial charge in [0.25, 0.3) is 0 Å². The molecule has 0 bridgehead atoms. The van der Waals surface area contributed by atoms with E-state index >= 15 is 0 Å². The van der Waals surface area contributed by atoms with E-state index in [9.17, 15) is 33.9 Å². The maximum Gasteiger partial charge on any atom is 0.326 e. The number of carboxylic acid groups (broad SMARTS) is 2. The minimum Gasteiger partial charge on any atom is -0.481 e. The molecule has 11 N–H and O–H groups in total. The van der Waals surface area contributed by atoms with E-state index in [-0.39, 0.29) is 43.8 Å². The van der Waals surface area contributed by atoms with Crippen LogP contribution in [0.4, 0.5) is 0 Å². The third kappa shape index (κ3) is 12.8. The Morgan fingerprint density at radius 2 is 1.64 bits per heavy atom. The molecule has 0 unspecified atom stereocenters. The third-order valence-electron chi connectivity index (χ3n) is 7.27. The van der Waals surface area contributed by atoms with E-state index in [0.29, 0.717) is 25.7 Å². The maximum absolute atomic E-state index is 13.4. The Bertz CT molecular complexity index is 1380. The van der Waals surface area contributed by atoms with Crippen molar-refractivity contribution in [2.45, 2.75) is 82.8 Å². The van der Waals surface area contributed by atoms with Gasteiger partial charge in [0.15, 0.2) is 0 Å². The molecule has 0 spiro atoms. The number of aromatic nitrogens is 1. The largest absolute Gasteiger partial charge is 0.481 e. The van der Waals surface area contributed by atoms with Crippen molar-refractivity contribution >= 4 is 52.2 Å². The zero-order chi connectivity index (χ0) is 33.5. The fraction of sp³-hybridized carbons (Fsp3) is 0.500. The van der Waals surface area contributed by atoms with Crippen LogP contribution >= 0.6 is 0 Å². The molecule has 246 valence electrons. The number of aromatic amines is 1. The van der Waals surface area contributed by atoms with Gasteiger partial charge in [0.2, 0.25) is 17.7 Å². The smallest absolute Gasteiger partial charge is 0.326 e. The lowest BCUT2D eigenvalue weighted by atomic mass is 9.90. The van der Waals surface area contributed by atoms with Gasteiger partial charge in [-0.3, -0.25) is 29.4 Å². The molecular weight excluding hydrogens is 586 g/mol. The quantitative estimate of drug-likeness (QED) is 0.0525. The molecule has 15 nitrogen and oxygen atoms in total. The van der Waals surface area contributed by atoms with E-state index in [0.717, 1.165) is 23.4 Å². The van der Waals surface area contributed by atoms with Crippen molar-refractivity contribution in [2.75, 3.05) is 6.54 Å². The number of amides is 3. The molecule has 15 heteroatoms. The number of hydrogen-bond acceptors (Lipinski definition) is 8. The van der Waals surface area contributed by atoms with Crippen molar-refractivity contribution in [1.82, 2.24) is 20.9 Å². The van der Waals surface area contributed by atoms with E-state index in [4.69, 9.17) is 22.0 Å². The highest BCUT2D eigenvalue weighted by molar-refractivity contribution is 5.92. The lowest BCUT2D eigenvalue weighted by molar-refractivity contribution is -0.143. The van der Waals surface area contributed by atoms with Gasteiger partial charge in [0, 0.05) is 55.7 Å². The lowest BCUT2D eigenvalue weighted by Gasteiger charge is -2.22. The first kappa shape index (κ1) is 36.4. The summed E-state index contributed by atoms with van der Waals surface area (Å²) in [7, 11) is 0. The van der Waals surface area contributed by atoms with Crippen molar-refractivity contribution in [1.29, 1.82) is 5.41 Å². The normalized spacial score (nSPS) is 13.6. The number of ketones is 1. The van der Waals surface area contributed by atoms with Gasteiger partial charge in [-0.25, -0.2) is 4.79 Å². The van der Waals surface area contributed by atoms with Crippen LogP contribution in [0.2, 0.25) is 0 Å². The monoisotopic (exact) mass is 629 g/mol. The molecule has 0 fully saturated rings. The summed E-state index contributed by atoms with van der Waals surface area (Å²) in [6.45, 7) is 0.982. The minimum absolute atomic E-state index is 0.0563. The number of benzene rings is 1. The lowest BCUT2D eigenvalue weighted by Crippen LogP contribution is -2.52. The highest BCUT2D eigenvalue weighted by atomic mass is 16.4. The summed E-state index contributed by atoms with van der Waals surface area (Å²) in [5, 5.41) is 34.1. The van der Waals surface area contributed by atoms with Crippen molar-refractivity contribution in [3.63, 3.8) is 0 Å². The van der Waals surface area contributed by atoms with Gasteiger partial charge in [-0.15, -0.1) is 0 Å². The predicted octanol–water partition coefficient (Wildman–Crippen LogP) is 0.555. The number of carbonyl (C=O) groups is 6. The molecule has 1 aromatic carbocycles. The van der Waals surface area contributed by atoms with E-state index in [2.05, 4.69) is 20.9 Å². The second-order valence-electron chi connectivity index (χ2n) is 11.0. The zero-order valence-corrected chi connectivity index (χ0v) is 25.3. The molecule has 0 aliphatic heterocycles. The Kier molecular flexibility index (Phi) is 14.7. The van der Waals surface area contributed by atoms with Crippen molar-refractivity contribution < 1.29 is 39.0 Å². The Labute approximate surface area is 260 Å². The summed E-state index contributed by atoms with van der Waals surface area (Å²) in [6.07, 6.45) is 2.91. The third-order valence-corrected chi connectivity index (χ3v) is 7.27. The summed E-state index contributed by atoms with van der Waals surface area (Å²) < 4.78 is 0. The molecule has 0 saturated heterocycles. The number of rotatable bonds is 21. The van der Waals surface area contributed by atoms with Crippen LogP contribution in [0.15, 0.2) is 30.5 Å². The predicted molar refractivity (Wildman–Crippen MR) is 165 cm³/mol. The highest BCUT2D eigenvalue weighted by Gasteiger charge is 2.29. The van der Waals surface area contributed by atoms with Crippen LogP contribution in [0.3, 0.4) is 0 Å². The van der Waals surface area contributed by atoms with E-state index in [1.165, 1.54) is 0 Å². The second kappa shape index (κ2) is 18.1. The number of carbonyl (C=O) groups excluding carboxylic acids is 4. The molecule has 1 aromatic heterocycles. The molecule has 45 heavy (non-hydrogen) atoms. The summed E-state index contributed by atoms with van der Waals surface area (Å²) in [6, 6.07) is 3.99. The number of H-pyrrole nitrogens is 1. The van der Waals surface area contributed by atoms with Gasteiger partial charge >= 0.3 is 11.9 Å². The number of unbranched alkanes of at least 4 members (excludes halogenated alkanes) is 1. The van der Waals surface area contributed by atoms with Crippen LogP contribution < -0.4 is 27.4 Å². The summed E-state index contributed by atoms with van der Waals surface area (Å²) in [5.41, 5.74) is 13.2. The molecule has 0 radical (unpaired) electrons. The standard InChI is InChI=1S/C30H43N7O8/c1-17(38)36-23(10-11-27(40)41)29(43)37-24(30(44)45)12-13-34-28(42)18(14-19-16-35-22-8-4-2-6-20(19)22)15-25(39)21(31)7-3-5-9-26(32)33/h2,4,6,8,16,18,21,23-24,35H,3,5,7,9-15,31H2,1H3,(H3,32,33)(H,34,42)(H,36,38)(H,37,43)(H,40,41)(H,44,45)/t18-,21-,23+,24+/m0/s1. The molecule has 0 saturated carbocycles. The van der Waals surface area contributed by atoms with Crippen molar-refractivity contribution in [3.8, 4) is 0 Å². The van der Waals surface area contributed by atoms with Gasteiger partial charge in [0.05, 0.1) is 11.9 Å². The Morgan fingerprint density at radius 3 is 2.29 bits per heavy atom. The fourth-order valence-corrected chi connectivity index (χ4v) is 4.85. The van der Waals surface area contributed by atoms with Gasteiger partial charge < -0.3 is 42.6 Å². The van der Waals surface area contributed by atoms with Gasteiger partial charge in [0.1, 0.15) is 17.9 Å². The average molecular weight is 630 g/mol. The van der Waals surface area contributed by atoms with Crippen LogP contribution in [0.25, 0.3) is 10.9 Å². The SMILES string of the molecule is CC(=O)N[C@H](CCC(=O)O)C(=O)N[C@H](CCNC(=O)[C@H](CC(=O)[C@@H](N)CCCCC(=N)N)Cc1c[nH]c2ccccc12)C(=O)O. The van der Waals surface area contributed by atoms with Crippen LogP contribution in [-0.4, -0.2) is 81.1 Å². The number of Topliss-reactive ketones (excluding diaryl/α,β-unsaturated/α-hetero) is 1. The Morgan fingerprint density at radius 1 is 0.933 bits per heavy atom. The average Bonchev–Trinajstić information content (AvgIpc) is 3.38. The van der Waals surface area contributed by atoms with E-state index in [1.807, 2.05) is 24.3 Å². The number of fused-ring (bicyclic) bond motifs is 1. The van der Waals surface area contributed by atoms with Crippen LogP contribution in [-0.2, 0) is 35.2 Å². The van der Waals surface area contributed by atoms with E-state index in [1.54, 1.807) is 6.20 Å². The number of amidine groups is 1. The zero-order valence-electron chi connectivity index (χ0n) is 25.3. The van der Waals surface area contributed by atoms with E-state index < -0.39 is 60.1 Å². The Hall–Kier alpha value is -4.79. The topological polar surface area (TPSA) is 271 Å². The minimum atomic E-state index is -1.45. The van der Waals surface area contributed by atoms with Crippen molar-refractivity contribution in [2.24, 2.45) is 17.4 Å². The van der Waals surface area contributed by atoms with Gasteiger partial charge in [-0.2, -0.15) is 0 Å². The molecular formula is C30H43N7O8. The number of hydrogen-bond donors (Lipinski definition) is 9. The molecule has 0 aliphatic rings. The van der Waals surface area contributed by atoms with Crippen LogP contribution in [0.5, 0.6) is 0 Å². The van der Waals surface area contributed by atoms with Crippen LogP contribution in [0.1, 0.15) is 63.9 Å². The molecule has 0 aliphatic carbocycles. The molecule has 1 heterocycles. The number of carboxylic acids is 2. The first-order valence-corrected chi connectivity index (χ1v) is 14.7. The first-order valence-electron chi connectivity index (χ1n) is 14.7. The van der Waals surface area contributed by atoms with Crippen LogP contribution in [0, 0.1) is 11.3 Å². The molecule has 2 aromatic rings. The number of aliphatic carboxylic acids is 2. The summed E-state index contributed by atoms with van der Waals surface area (Å²) >= 11 is 0. The number of nitrogens with two attached hydrogens (primary N) is 2. The highest BCUT2D eigenvalue weighted by Crippen LogP contribution is 2.23. The maximum atomic E-state index is 13.4.